The molecule has 208 valence electrons. The Bertz CT molecular complexity index is 1430. The highest BCUT2D eigenvalue weighted by Gasteiger charge is 2.30. The van der Waals surface area contributed by atoms with Crippen molar-refractivity contribution in [3.05, 3.63) is 100 Å². The van der Waals surface area contributed by atoms with Crippen LogP contribution >= 0.6 is 0 Å². The smallest absolute Gasteiger partial charge is 0.175 e. The largest absolute Gasteiger partial charge is 0.294 e. The second-order valence-electron chi connectivity index (χ2n) is 12.6. The van der Waals surface area contributed by atoms with Crippen LogP contribution in [0.4, 0.5) is 0 Å². The summed E-state index contributed by atoms with van der Waals surface area (Å²) >= 11 is 0. The van der Waals surface area contributed by atoms with E-state index in [0.717, 1.165) is 58.2 Å². The molecule has 0 aliphatic carbocycles. The van der Waals surface area contributed by atoms with E-state index in [-0.39, 0.29) is 16.6 Å². The van der Waals surface area contributed by atoms with E-state index in [1.54, 1.807) is 19.1 Å². The summed E-state index contributed by atoms with van der Waals surface area (Å²) in [6.07, 6.45) is 4.13. The van der Waals surface area contributed by atoms with Gasteiger partial charge in [-0.2, -0.15) is 0 Å². The molecular formula is C35H44O3S. The van der Waals surface area contributed by atoms with Crippen LogP contribution in [-0.4, -0.2) is 20.5 Å². The van der Waals surface area contributed by atoms with Crippen molar-refractivity contribution in [3.63, 3.8) is 0 Å². The first-order chi connectivity index (χ1) is 18.1. The Kier molecular flexibility index (Phi) is 9.12. The minimum Gasteiger partial charge on any atom is -0.294 e. The van der Waals surface area contributed by atoms with Gasteiger partial charge in [0.2, 0.25) is 0 Å². The minimum absolute atomic E-state index is 0.0872. The number of carbonyl (C=O) groups is 1. The highest BCUT2D eigenvalue weighted by Crippen LogP contribution is 2.41. The van der Waals surface area contributed by atoms with Crippen molar-refractivity contribution >= 4 is 26.8 Å². The molecule has 0 bridgehead atoms. The second-order valence-corrected chi connectivity index (χ2v) is 14.6. The van der Waals surface area contributed by atoms with Gasteiger partial charge in [0, 0.05) is 11.8 Å². The molecule has 0 saturated carbocycles. The Morgan fingerprint density at radius 2 is 1.26 bits per heavy atom. The maximum absolute atomic E-state index is 13.1. The topological polar surface area (TPSA) is 51.2 Å². The summed E-state index contributed by atoms with van der Waals surface area (Å²) in [4.78, 5) is 13.4. The number of ketones is 1. The Labute approximate surface area is 236 Å². The molecular weight excluding hydrogens is 500 g/mol. The molecule has 3 aromatic rings. The molecule has 0 aliphatic heterocycles. The highest BCUT2D eigenvalue weighted by molar-refractivity contribution is 7.90. The summed E-state index contributed by atoms with van der Waals surface area (Å²) in [6, 6.07) is 22.1. The van der Waals surface area contributed by atoms with Crippen LogP contribution in [0.5, 0.6) is 0 Å². The molecule has 3 aromatic carbocycles. The predicted octanol–water partition coefficient (Wildman–Crippen LogP) is 9.04. The van der Waals surface area contributed by atoms with Gasteiger partial charge < -0.3 is 0 Å². The van der Waals surface area contributed by atoms with Crippen LogP contribution in [0.1, 0.15) is 113 Å². The monoisotopic (exact) mass is 544 g/mol. The van der Waals surface area contributed by atoms with Crippen LogP contribution in [0.25, 0.3) is 11.1 Å². The zero-order valence-corrected chi connectivity index (χ0v) is 25.9. The summed E-state index contributed by atoms with van der Waals surface area (Å²) in [5, 5.41) is 0. The van der Waals surface area contributed by atoms with E-state index in [9.17, 15) is 13.2 Å². The molecule has 0 spiro atoms. The van der Waals surface area contributed by atoms with Crippen LogP contribution in [0.3, 0.4) is 0 Å². The fourth-order valence-electron chi connectivity index (χ4n) is 5.14. The number of sulfone groups is 1. The molecule has 3 nitrogen and oxygen atoms in total. The van der Waals surface area contributed by atoms with Crippen LogP contribution in [0.2, 0.25) is 0 Å². The molecule has 4 heteroatoms. The average molecular weight is 545 g/mol. The molecule has 0 fully saturated rings. The number of allylic oxidation sites excluding steroid dienone is 1. The molecule has 0 heterocycles. The van der Waals surface area contributed by atoms with E-state index in [1.165, 1.54) is 11.8 Å². The average Bonchev–Trinajstić information content (AvgIpc) is 2.84. The number of hydrogen-bond donors (Lipinski definition) is 0. The highest BCUT2D eigenvalue weighted by atomic mass is 32.2. The molecule has 0 atom stereocenters. The summed E-state index contributed by atoms with van der Waals surface area (Å²) in [7, 11) is -3.29. The van der Waals surface area contributed by atoms with Gasteiger partial charge in [0.15, 0.2) is 15.6 Å². The molecule has 39 heavy (non-hydrogen) atoms. The Morgan fingerprint density at radius 1 is 0.744 bits per heavy atom. The van der Waals surface area contributed by atoms with E-state index < -0.39 is 9.84 Å². The maximum Gasteiger partial charge on any atom is 0.175 e. The quantitative estimate of drug-likeness (QED) is 0.210. The van der Waals surface area contributed by atoms with E-state index in [4.69, 9.17) is 0 Å². The van der Waals surface area contributed by atoms with E-state index in [2.05, 4.69) is 84.9 Å². The molecule has 0 amide bonds. The molecule has 0 radical (unpaired) electrons. The number of benzene rings is 3. The first-order valence-electron chi connectivity index (χ1n) is 13.8. The lowest BCUT2D eigenvalue weighted by molar-refractivity contribution is 0.101. The van der Waals surface area contributed by atoms with Crippen molar-refractivity contribution < 1.29 is 13.2 Å². The normalized spacial score (nSPS) is 13.3. The van der Waals surface area contributed by atoms with E-state index >= 15 is 0 Å². The third-order valence-corrected chi connectivity index (χ3v) is 8.30. The number of rotatable bonds is 8. The summed E-state index contributed by atoms with van der Waals surface area (Å²) in [6.45, 7) is 16.8. The molecule has 0 unspecified atom stereocenters. The van der Waals surface area contributed by atoms with Crippen molar-refractivity contribution in [2.45, 2.75) is 90.4 Å². The van der Waals surface area contributed by atoms with Gasteiger partial charge in [-0.3, -0.25) is 4.79 Å². The zero-order chi connectivity index (χ0) is 29.2. The summed E-state index contributed by atoms with van der Waals surface area (Å²) < 4.78 is 24.3. The summed E-state index contributed by atoms with van der Waals surface area (Å²) in [5.41, 5.74) is 7.95. The predicted molar refractivity (Wildman–Crippen MR) is 165 cm³/mol. The standard InChI is InChI=1S/C35H44O3S/c1-10-11-17-29(25-18-20-28(21-19-25)39(9,37)38)33(26-15-13-12-14-16-26)27-22-30(34(3,4)5)32(24(2)36)31(23-27)35(6,7)8/h12-16,18-23H,10-11,17H2,1-9H3/b33-29-. The zero-order valence-electron chi connectivity index (χ0n) is 25.1. The lowest BCUT2D eigenvalue weighted by Gasteiger charge is -2.31. The first kappa shape index (κ1) is 30.6. The lowest BCUT2D eigenvalue weighted by Crippen LogP contribution is -2.23. The lowest BCUT2D eigenvalue weighted by atomic mass is 9.73. The fraction of sp³-hybridized carbons (Fsp3) is 0.400. The van der Waals surface area contributed by atoms with Crippen molar-refractivity contribution in [1.82, 2.24) is 0 Å². The third-order valence-electron chi connectivity index (χ3n) is 7.17. The van der Waals surface area contributed by atoms with Crippen molar-refractivity contribution in [1.29, 1.82) is 0 Å². The SMILES string of the molecule is CCCC/C(=C(\c1ccccc1)c1cc(C(C)(C)C)c(C(C)=O)c(C(C)(C)C)c1)c1ccc(S(C)(=O)=O)cc1. The summed E-state index contributed by atoms with van der Waals surface area (Å²) in [5.74, 6) is 0.0872. The third kappa shape index (κ3) is 7.16. The van der Waals surface area contributed by atoms with Crippen molar-refractivity contribution in [3.8, 4) is 0 Å². The van der Waals surface area contributed by atoms with Gasteiger partial charge in [0.1, 0.15) is 0 Å². The van der Waals surface area contributed by atoms with Gasteiger partial charge >= 0.3 is 0 Å². The molecule has 0 aliphatic rings. The maximum atomic E-state index is 13.1. The fourth-order valence-corrected chi connectivity index (χ4v) is 5.77. The van der Waals surface area contributed by atoms with E-state index in [0.29, 0.717) is 4.90 Å². The second kappa shape index (κ2) is 11.6. The van der Waals surface area contributed by atoms with Crippen LogP contribution in [0, 0.1) is 0 Å². The number of carbonyl (C=O) groups excluding carboxylic acids is 1. The number of Topliss-reactive ketones (excluding diaryl/α,β-unsaturated/α-hetero) is 1. The Hall–Kier alpha value is -2.98. The van der Waals surface area contributed by atoms with Gasteiger partial charge in [-0.1, -0.05) is 97.4 Å². The van der Waals surface area contributed by atoms with E-state index in [1.807, 2.05) is 18.2 Å². The molecule has 0 saturated heterocycles. The van der Waals surface area contributed by atoms with Crippen molar-refractivity contribution in [2.24, 2.45) is 0 Å². The van der Waals surface area contributed by atoms with Crippen LogP contribution in [-0.2, 0) is 20.7 Å². The van der Waals surface area contributed by atoms with Gasteiger partial charge in [-0.25, -0.2) is 8.42 Å². The van der Waals surface area contributed by atoms with Gasteiger partial charge in [-0.05, 0) is 93.8 Å². The minimum atomic E-state index is -3.29. The van der Waals surface area contributed by atoms with Gasteiger partial charge in [0.05, 0.1) is 4.90 Å². The molecule has 0 aromatic heterocycles. The van der Waals surface area contributed by atoms with Gasteiger partial charge in [-0.15, -0.1) is 0 Å². The van der Waals surface area contributed by atoms with Crippen LogP contribution < -0.4 is 0 Å². The first-order valence-corrected chi connectivity index (χ1v) is 15.7. The number of hydrogen-bond acceptors (Lipinski definition) is 3. The molecule has 0 N–H and O–H groups in total. The Balaban J connectivity index is 2.52. The van der Waals surface area contributed by atoms with Crippen molar-refractivity contribution in [2.75, 3.05) is 6.26 Å². The Morgan fingerprint density at radius 3 is 1.67 bits per heavy atom. The van der Waals surface area contributed by atoms with Crippen LogP contribution in [0.15, 0.2) is 71.6 Å². The van der Waals surface area contributed by atoms with Gasteiger partial charge in [0.25, 0.3) is 0 Å². The number of unbranched alkanes of at least 4 members (excludes halogenated alkanes) is 1. The molecule has 3 rings (SSSR count).